The molecule has 0 radical (unpaired) electrons. The second kappa shape index (κ2) is 11.8. The van der Waals surface area contributed by atoms with Gasteiger partial charge in [0.1, 0.15) is 11.6 Å². The molecule has 35 heavy (non-hydrogen) atoms. The highest BCUT2D eigenvalue weighted by Gasteiger charge is 2.35. The Morgan fingerprint density at radius 3 is 2.29 bits per heavy atom. The molecule has 196 valence electrons. The number of hydrogen-bond acceptors (Lipinski definition) is 7. The van der Waals surface area contributed by atoms with Gasteiger partial charge in [0.25, 0.3) is 0 Å². The molecule has 2 aliphatic heterocycles. The number of piperazine rings is 1. The summed E-state index contributed by atoms with van der Waals surface area (Å²) in [5.41, 5.74) is 0. The molecule has 1 saturated carbocycles. The van der Waals surface area contributed by atoms with E-state index in [0.717, 1.165) is 56.5 Å². The number of piperidine rings is 1. The first-order valence-corrected chi connectivity index (χ1v) is 14.6. The second-order valence-corrected chi connectivity index (χ2v) is 12.4. The number of sulfonamides is 1. The van der Waals surface area contributed by atoms with Gasteiger partial charge in [0.2, 0.25) is 10.0 Å². The number of nitrogens with zero attached hydrogens (tertiary/aromatic N) is 4. The zero-order valence-corrected chi connectivity index (χ0v) is 21.9. The van der Waals surface area contributed by atoms with E-state index in [1.165, 1.54) is 0 Å². The van der Waals surface area contributed by atoms with Gasteiger partial charge >= 0.3 is 6.09 Å². The molecule has 4 rings (SSSR count). The number of anilines is 1. The molecule has 3 heterocycles. The number of pyridine rings is 1. The van der Waals surface area contributed by atoms with Crippen molar-refractivity contribution >= 4 is 21.9 Å². The van der Waals surface area contributed by atoms with E-state index in [1.54, 1.807) is 15.4 Å². The average Bonchev–Trinajstić information content (AvgIpc) is 2.88. The summed E-state index contributed by atoms with van der Waals surface area (Å²) < 4.78 is 38.9. The van der Waals surface area contributed by atoms with Gasteiger partial charge in [0, 0.05) is 39.3 Å². The molecule has 1 amide bonds. The van der Waals surface area contributed by atoms with Gasteiger partial charge in [-0.15, -0.1) is 0 Å². The summed E-state index contributed by atoms with van der Waals surface area (Å²) in [5.74, 6) is 1.98. The molecule has 2 saturated heterocycles. The smallest absolute Gasteiger partial charge is 0.410 e. The Balaban J connectivity index is 1.20. The Labute approximate surface area is 209 Å². The summed E-state index contributed by atoms with van der Waals surface area (Å²) >= 11 is 0. The van der Waals surface area contributed by atoms with Crippen LogP contribution in [0.1, 0.15) is 58.8 Å². The van der Waals surface area contributed by atoms with Gasteiger partial charge in [-0.1, -0.05) is 19.3 Å². The minimum atomic E-state index is -3.19. The van der Waals surface area contributed by atoms with Crippen molar-refractivity contribution < 1.29 is 22.7 Å². The number of amides is 1. The van der Waals surface area contributed by atoms with Crippen LogP contribution in [0.2, 0.25) is 0 Å². The van der Waals surface area contributed by atoms with Crippen molar-refractivity contribution in [2.24, 2.45) is 5.92 Å². The molecule has 9 nitrogen and oxygen atoms in total. The highest BCUT2D eigenvalue weighted by molar-refractivity contribution is 7.89. The Morgan fingerprint density at radius 1 is 1.00 bits per heavy atom. The number of aromatic nitrogens is 1. The van der Waals surface area contributed by atoms with Gasteiger partial charge in [-0.3, -0.25) is 0 Å². The monoisotopic (exact) mass is 508 g/mol. The summed E-state index contributed by atoms with van der Waals surface area (Å²) in [6.07, 6.45) is 8.01. The standard InChI is InChI=1S/C25H40N4O5S/c1-20(2)34-25(30)28-12-10-21(11-13-28)19-33-22-8-9-24(26-18-22)27-14-16-29(17-15-27)35(31,32)23-6-4-3-5-7-23/h8-9,18,20-21,23H,3-7,10-17,19H2,1-2H3. The maximum absolute atomic E-state index is 13.0. The molecular weight excluding hydrogens is 468 g/mol. The van der Waals surface area contributed by atoms with E-state index in [9.17, 15) is 13.2 Å². The summed E-state index contributed by atoms with van der Waals surface area (Å²) in [7, 11) is -3.19. The van der Waals surface area contributed by atoms with E-state index in [1.807, 2.05) is 26.0 Å². The van der Waals surface area contributed by atoms with Gasteiger partial charge in [0.05, 0.1) is 24.2 Å². The molecule has 3 aliphatic rings. The quantitative estimate of drug-likeness (QED) is 0.557. The highest BCUT2D eigenvalue weighted by Crippen LogP contribution is 2.27. The lowest BCUT2D eigenvalue weighted by Crippen LogP contribution is -2.51. The van der Waals surface area contributed by atoms with Crippen LogP contribution in [0.15, 0.2) is 18.3 Å². The van der Waals surface area contributed by atoms with Gasteiger partial charge in [-0.25, -0.2) is 18.2 Å². The normalized spacial score (nSPS) is 21.3. The molecule has 1 aromatic rings. The van der Waals surface area contributed by atoms with Crippen molar-refractivity contribution in [3.63, 3.8) is 0 Å². The van der Waals surface area contributed by atoms with Crippen LogP contribution in [-0.2, 0) is 14.8 Å². The fourth-order valence-electron chi connectivity index (χ4n) is 5.16. The summed E-state index contributed by atoms with van der Waals surface area (Å²) in [6.45, 7) is 8.04. The van der Waals surface area contributed by atoms with Gasteiger partial charge in [-0.2, -0.15) is 4.31 Å². The lowest BCUT2D eigenvalue weighted by Gasteiger charge is -2.37. The summed E-state index contributed by atoms with van der Waals surface area (Å²) in [6, 6.07) is 3.88. The van der Waals surface area contributed by atoms with Crippen molar-refractivity contribution in [3.05, 3.63) is 18.3 Å². The van der Waals surface area contributed by atoms with E-state index in [-0.39, 0.29) is 17.4 Å². The van der Waals surface area contributed by atoms with Crippen molar-refractivity contribution in [1.82, 2.24) is 14.2 Å². The molecule has 3 fully saturated rings. The molecule has 10 heteroatoms. The number of ether oxygens (including phenoxy) is 2. The lowest BCUT2D eigenvalue weighted by atomic mass is 9.98. The number of carbonyl (C=O) groups is 1. The van der Waals surface area contributed by atoms with Crippen molar-refractivity contribution in [2.45, 2.75) is 70.1 Å². The predicted octanol–water partition coefficient (Wildman–Crippen LogP) is 3.50. The molecular formula is C25H40N4O5S. The van der Waals surface area contributed by atoms with Gasteiger partial charge in [0.15, 0.2) is 0 Å². The van der Waals surface area contributed by atoms with E-state index in [0.29, 0.717) is 51.8 Å². The van der Waals surface area contributed by atoms with Crippen LogP contribution in [0.3, 0.4) is 0 Å². The topological polar surface area (TPSA) is 92.3 Å². The van der Waals surface area contributed by atoms with Crippen molar-refractivity contribution in [3.8, 4) is 5.75 Å². The molecule has 0 spiro atoms. The first-order valence-electron chi connectivity index (χ1n) is 13.1. The number of carbonyl (C=O) groups excluding carboxylic acids is 1. The summed E-state index contributed by atoms with van der Waals surface area (Å²) in [4.78, 5) is 20.5. The van der Waals surface area contributed by atoms with Crippen LogP contribution in [0.4, 0.5) is 10.6 Å². The SMILES string of the molecule is CC(C)OC(=O)N1CCC(COc2ccc(N3CCN(S(=O)(=O)C4CCCCC4)CC3)nc2)CC1. The molecule has 0 N–H and O–H groups in total. The largest absolute Gasteiger partial charge is 0.492 e. The molecule has 1 aliphatic carbocycles. The van der Waals surface area contributed by atoms with Crippen molar-refractivity contribution in [2.75, 3.05) is 50.8 Å². The van der Waals surface area contributed by atoms with E-state index < -0.39 is 10.0 Å². The highest BCUT2D eigenvalue weighted by atomic mass is 32.2. The zero-order valence-electron chi connectivity index (χ0n) is 21.1. The third-order valence-electron chi connectivity index (χ3n) is 7.31. The third kappa shape index (κ3) is 6.78. The average molecular weight is 509 g/mol. The maximum atomic E-state index is 13.0. The minimum Gasteiger partial charge on any atom is -0.492 e. The van der Waals surface area contributed by atoms with Gasteiger partial charge < -0.3 is 19.3 Å². The Morgan fingerprint density at radius 2 is 1.69 bits per heavy atom. The molecule has 1 aromatic heterocycles. The third-order valence-corrected chi connectivity index (χ3v) is 9.71. The first-order chi connectivity index (χ1) is 16.8. The molecule has 0 aromatic carbocycles. The van der Waals surface area contributed by atoms with Crippen molar-refractivity contribution in [1.29, 1.82) is 0 Å². The molecule has 0 unspecified atom stereocenters. The zero-order chi connectivity index (χ0) is 24.8. The number of rotatable bonds is 7. The van der Waals surface area contributed by atoms with Crippen LogP contribution in [-0.4, -0.2) is 85.9 Å². The number of likely N-dealkylation sites (tertiary alicyclic amines) is 1. The Hall–Kier alpha value is -2.07. The predicted molar refractivity (Wildman–Crippen MR) is 135 cm³/mol. The van der Waals surface area contributed by atoms with Crippen LogP contribution < -0.4 is 9.64 Å². The van der Waals surface area contributed by atoms with E-state index in [4.69, 9.17) is 9.47 Å². The second-order valence-electron chi connectivity index (χ2n) is 10.2. The Bertz CT molecular complexity index is 918. The molecule has 0 bridgehead atoms. The van der Waals surface area contributed by atoms with Crippen LogP contribution >= 0.6 is 0 Å². The number of hydrogen-bond donors (Lipinski definition) is 0. The summed E-state index contributed by atoms with van der Waals surface area (Å²) in [5, 5.41) is -0.196. The van der Waals surface area contributed by atoms with Crippen LogP contribution in [0.5, 0.6) is 5.75 Å². The lowest BCUT2D eigenvalue weighted by molar-refractivity contribution is 0.0608. The first kappa shape index (κ1) is 26.0. The van der Waals surface area contributed by atoms with Gasteiger partial charge in [-0.05, 0) is 57.6 Å². The Kier molecular flexibility index (Phi) is 8.75. The maximum Gasteiger partial charge on any atom is 0.410 e. The van der Waals surface area contributed by atoms with E-state index in [2.05, 4.69) is 9.88 Å². The fourth-order valence-corrected chi connectivity index (χ4v) is 7.19. The van der Waals surface area contributed by atoms with Crippen LogP contribution in [0, 0.1) is 5.92 Å². The van der Waals surface area contributed by atoms with Crippen LogP contribution in [0.25, 0.3) is 0 Å². The fraction of sp³-hybridized carbons (Fsp3) is 0.760. The minimum absolute atomic E-state index is 0.0995. The molecule has 0 atom stereocenters. The van der Waals surface area contributed by atoms with E-state index >= 15 is 0 Å².